The van der Waals surface area contributed by atoms with E-state index in [1.165, 1.54) is 5.56 Å². The van der Waals surface area contributed by atoms with E-state index in [0.717, 1.165) is 37.9 Å². The van der Waals surface area contributed by atoms with E-state index >= 15 is 0 Å². The molecule has 1 saturated heterocycles. The fourth-order valence-corrected chi connectivity index (χ4v) is 2.70. The van der Waals surface area contributed by atoms with Crippen molar-refractivity contribution in [1.82, 2.24) is 4.90 Å². The minimum atomic E-state index is 0. The highest BCUT2D eigenvalue weighted by Crippen LogP contribution is 2.13. The number of benzene rings is 1. The Bertz CT molecular complexity index is 437. The van der Waals surface area contributed by atoms with Crippen LogP contribution >= 0.6 is 12.4 Å². The maximum absolute atomic E-state index is 12.2. The van der Waals surface area contributed by atoms with Crippen LogP contribution < -0.4 is 5.73 Å². The van der Waals surface area contributed by atoms with Crippen molar-refractivity contribution < 1.29 is 4.79 Å². The Balaban J connectivity index is 0.00000220. The Morgan fingerprint density at radius 1 is 1.19 bits per heavy atom. The number of rotatable bonds is 4. The lowest BCUT2D eigenvalue weighted by molar-refractivity contribution is -0.131. The Morgan fingerprint density at radius 3 is 2.24 bits per heavy atom. The zero-order valence-electron chi connectivity index (χ0n) is 13.0. The number of likely N-dealkylation sites (tertiary alicyclic amines) is 1. The summed E-state index contributed by atoms with van der Waals surface area (Å²) in [6.07, 6.45) is 3.47. The van der Waals surface area contributed by atoms with Crippen molar-refractivity contribution in [3.63, 3.8) is 0 Å². The summed E-state index contributed by atoms with van der Waals surface area (Å²) in [6.45, 7) is 6.06. The lowest BCUT2D eigenvalue weighted by atomic mass is 10.0. The Labute approximate surface area is 134 Å². The lowest BCUT2D eigenvalue weighted by Gasteiger charge is -2.30. The molecule has 0 radical (unpaired) electrons. The number of nitrogens with two attached hydrogens (primary N) is 1. The normalized spacial score (nSPS) is 15.9. The molecule has 1 aliphatic rings. The van der Waals surface area contributed by atoms with Crippen molar-refractivity contribution in [3.8, 4) is 0 Å². The van der Waals surface area contributed by atoms with Crippen LogP contribution in [0.2, 0.25) is 0 Å². The molecule has 1 aromatic rings. The number of hydrogen-bond donors (Lipinski definition) is 1. The largest absolute Gasteiger partial charge is 0.342 e. The number of carbonyl (C=O) groups excluding carboxylic acids is 1. The Morgan fingerprint density at radius 2 is 1.71 bits per heavy atom. The van der Waals surface area contributed by atoms with Gasteiger partial charge in [-0.15, -0.1) is 12.4 Å². The molecule has 3 nitrogen and oxygen atoms in total. The smallest absolute Gasteiger partial charge is 0.226 e. The summed E-state index contributed by atoms with van der Waals surface area (Å²) in [5.74, 6) is 0.897. The third-order valence-corrected chi connectivity index (χ3v) is 3.91. The number of nitrogens with zero attached hydrogens (tertiary/aromatic N) is 1. The summed E-state index contributed by atoms with van der Waals surface area (Å²) < 4.78 is 0. The van der Waals surface area contributed by atoms with Crippen LogP contribution in [-0.2, 0) is 17.6 Å². The molecule has 0 spiro atoms. The third-order valence-electron chi connectivity index (χ3n) is 3.91. The summed E-state index contributed by atoms with van der Waals surface area (Å²) in [4.78, 5) is 14.2. The van der Waals surface area contributed by atoms with Crippen LogP contribution in [0.25, 0.3) is 0 Å². The first-order valence-corrected chi connectivity index (χ1v) is 7.65. The van der Waals surface area contributed by atoms with E-state index in [4.69, 9.17) is 5.73 Å². The minimum absolute atomic E-state index is 0. The maximum Gasteiger partial charge on any atom is 0.226 e. The molecule has 1 fully saturated rings. The summed E-state index contributed by atoms with van der Waals surface area (Å²) in [5.41, 5.74) is 8.32. The maximum atomic E-state index is 12.2. The minimum Gasteiger partial charge on any atom is -0.342 e. The molecule has 1 aromatic carbocycles. The Hall–Kier alpha value is -1.06. The van der Waals surface area contributed by atoms with Crippen LogP contribution in [-0.4, -0.2) is 29.9 Å². The van der Waals surface area contributed by atoms with Crippen molar-refractivity contribution >= 4 is 18.3 Å². The number of hydrogen-bond acceptors (Lipinski definition) is 2. The number of halogens is 1. The molecule has 0 atom stereocenters. The molecule has 0 saturated carbocycles. The van der Waals surface area contributed by atoms with Crippen LogP contribution in [0.15, 0.2) is 24.3 Å². The van der Waals surface area contributed by atoms with Gasteiger partial charge in [-0.1, -0.05) is 38.1 Å². The van der Waals surface area contributed by atoms with Gasteiger partial charge in [-0.2, -0.15) is 0 Å². The molecule has 4 heteroatoms. The van der Waals surface area contributed by atoms with Gasteiger partial charge in [-0.25, -0.2) is 0 Å². The van der Waals surface area contributed by atoms with Crippen molar-refractivity contribution in [2.24, 2.45) is 11.7 Å². The predicted octanol–water partition coefficient (Wildman–Crippen LogP) is 2.80. The standard InChI is InChI=1S/C17H26N2O.ClH/c1-13(2)11-14-3-5-15(6-4-14)12-17(20)19-9-7-16(18)8-10-19;/h3-6,13,16H,7-12,18H2,1-2H3;1H. The van der Waals surface area contributed by atoms with Crippen LogP contribution in [0.3, 0.4) is 0 Å². The monoisotopic (exact) mass is 310 g/mol. The third kappa shape index (κ3) is 5.68. The second kappa shape index (κ2) is 8.40. The van der Waals surface area contributed by atoms with Gasteiger partial charge in [0.05, 0.1) is 6.42 Å². The van der Waals surface area contributed by atoms with Gasteiger partial charge in [0, 0.05) is 19.1 Å². The lowest BCUT2D eigenvalue weighted by Crippen LogP contribution is -2.43. The van der Waals surface area contributed by atoms with E-state index in [0.29, 0.717) is 12.3 Å². The molecule has 0 bridgehead atoms. The summed E-state index contributed by atoms with van der Waals surface area (Å²) >= 11 is 0. The molecule has 1 heterocycles. The van der Waals surface area contributed by atoms with Gasteiger partial charge in [0.15, 0.2) is 0 Å². The van der Waals surface area contributed by atoms with Crippen LogP contribution in [0, 0.1) is 5.92 Å². The number of carbonyl (C=O) groups is 1. The van der Waals surface area contributed by atoms with E-state index in [1.54, 1.807) is 0 Å². The van der Waals surface area contributed by atoms with Gasteiger partial charge < -0.3 is 10.6 Å². The predicted molar refractivity (Wildman–Crippen MR) is 89.7 cm³/mol. The fraction of sp³-hybridized carbons (Fsp3) is 0.588. The van der Waals surface area contributed by atoms with Gasteiger partial charge in [0.25, 0.3) is 0 Å². The Kier molecular flexibility index (Phi) is 7.20. The van der Waals surface area contributed by atoms with Crippen molar-refractivity contribution in [2.75, 3.05) is 13.1 Å². The first kappa shape index (κ1) is 18.0. The van der Waals surface area contributed by atoms with Crippen LogP contribution in [0.1, 0.15) is 37.8 Å². The second-order valence-electron chi connectivity index (χ2n) is 6.31. The van der Waals surface area contributed by atoms with E-state index < -0.39 is 0 Å². The topological polar surface area (TPSA) is 46.3 Å². The first-order valence-electron chi connectivity index (χ1n) is 7.65. The highest BCUT2D eigenvalue weighted by molar-refractivity contribution is 5.85. The van der Waals surface area contributed by atoms with Gasteiger partial charge in [-0.3, -0.25) is 4.79 Å². The molecule has 0 aliphatic carbocycles. The molecule has 2 rings (SSSR count). The second-order valence-corrected chi connectivity index (χ2v) is 6.31. The van der Waals surface area contributed by atoms with Crippen LogP contribution in [0.5, 0.6) is 0 Å². The zero-order chi connectivity index (χ0) is 14.5. The fourth-order valence-electron chi connectivity index (χ4n) is 2.70. The van der Waals surface area contributed by atoms with Crippen molar-refractivity contribution in [1.29, 1.82) is 0 Å². The highest BCUT2D eigenvalue weighted by Gasteiger charge is 2.20. The summed E-state index contributed by atoms with van der Waals surface area (Å²) in [7, 11) is 0. The molecular weight excluding hydrogens is 284 g/mol. The van der Waals surface area contributed by atoms with E-state index in [1.807, 2.05) is 4.90 Å². The molecule has 21 heavy (non-hydrogen) atoms. The van der Waals surface area contributed by atoms with Crippen molar-refractivity contribution in [3.05, 3.63) is 35.4 Å². The molecule has 2 N–H and O–H groups in total. The number of piperidine rings is 1. The molecule has 0 unspecified atom stereocenters. The number of amides is 1. The quantitative estimate of drug-likeness (QED) is 0.929. The molecule has 118 valence electrons. The molecule has 0 aromatic heterocycles. The molecule has 1 amide bonds. The van der Waals surface area contributed by atoms with Gasteiger partial charge in [0.2, 0.25) is 5.91 Å². The highest BCUT2D eigenvalue weighted by atomic mass is 35.5. The van der Waals surface area contributed by atoms with Crippen molar-refractivity contribution in [2.45, 2.75) is 45.6 Å². The molecular formula is C17H27ClN2O. The van der Waals surface area contributed by atoms with Gasteiger partial charge >= 0.3 is 0 Å². The van der Waals surface area contributed by atoms with E-state index in [2.05, 4.69) is 38.1 Å². The molecule has 1 aliphatic heterocycles. The average Bonchev–Trinajstić information content (AvgIpc) is 2.41. The van der Waals surface area contributed by atoms with E-state index in [9.17, 15) is 4.79 Å². The first-order chi connectivity index (χ1) is 9.54. The summed E-state index contributed by atoms with van der Waals surface area (Å²) in [5, 5.41) is 0. The van der Waals surface area contributed by atoms with Gasteiger partial charge in [-0.05, 0) is 36.3 Å². The van der Waals surface area contributed by atoms with E-state index in [-0.39, 0.29) is 24.4 Å². The zero-order valence-corrected chi connectivity index (χ0v) is 13.9. The van der Waals surface area contributed by atoms with Gasteiger partial charge in [0.1, 0.15) is 0 Å². The van der Waals surface area contributed by atoms with Crippen LogP contribution in [0.4, 0.5) is 0 Å². The SMILES string of the molecule is CC(C)Cc1ccc(CC(=O)N2CCC(N)CC2)cc1.Cl. The average molecular weight is 311 g/mol. The summed E-state index contributed by atoms with van der Waals surface area (Å²) in [6, 6.07) is 8.74.